The van der Waals surface area contributed by atoms with Gasteiger partial charge >= 0.3 is 0 Å². The lowest BCUT2D eigenvalue weighted by Crippen LogP contribution is -2.68. The monoisotopic (exact) mass is 516 g/mol. The highest BCUT2D eigenvalue weighted by Gasteiger charge is 2.49. The molecule has 0 aromatic rings. The number of amides is 1. The van der Waals surface area contributed by atoms with E-state index >= 15 is 0 Å². The van der Waals surface area contributed by atoms with E-state index in [0.29, 0.717) is 18.5 Å². The number of fused-ring (bicyclic) bond motifs is 1. The SMILES string of the molecule is NC[C@H]1O[C@H](O[C@H]2[C@H](OCC(=O)NC3CNC4CCCCC4C3)[C@@H](O)[C@H](N)C[C@@H]2N)[C@H](N)[C@@H](O)[C@@H]1O. The highest BCUT2D eigenvalue weighted by molar-refractivity contribution is 5.77. The molecule has 36 heavy (non-hydrogen) atoms. The zero-order valence-electron chi connectivity index (χ0n) is 20.7. The summed E-state index contributed by atoms with van der Waals surface area (Å²) < 4.78 is 17.5. The van der Waals surface area contributed by atoms with Crippen molar-refractivity contribution in [2.24, 2.45) is 28.9 Å². The third kappa shape index (κ3) is 6.18. The first-order valence-corrected chi connectivity index (χ1v) is 13.2. The Hall–Kier alpha value is -0.970. The summed E-state index contributed by atoms with van der Waals surface area (Å²) in [6.07, 6.45) is -1.75. The molecule has 0 aromatic heterocycles. The molecule has 13 nitrogen and oxygen atoms in total. The minimum atomic E-state index is -1.33. The minimum Gasteiger partial charge on any atom is -0.389 e. The van der Waals surface area contributed by atoms with Crippen molar-refractivity contribution in [1.82, 2.24) is 10.6 Å². The topological polar surface area (TPSA) is 234 Å². The van der Waals surface area contributed by atoms with Gasteiger partial charge in [-0.15, -0.1) is 0 Å². The van der Waals surface area contributed by atoms with Crippen LogP contribution in [0.2, 0.25) is 0 Å². The number of rotatable bonds is 7. The molecule has 4 aliphatic rings. The Bertz CT molecular complexity index is 735. The Morgan fingerprint density at radius 2 is 1.75 bits per heavy atom. The largest absolute Gasteiger partial charge is 0.389 e. The molecule has 2 heterocycles. The number of nitrogens with two attached hydrogens (primary N) is 4. The lowest BCUT2D eigenvalue weighted by Gasteiger charge is -2.46. The second-order valence-corrected chi connectivity index (χ2v) is 10.8. The van der Waals surface area contributed by atoms with Crippen LogP contribution in [0.15, 0.2) is 0 Å². The molecule has 3 unspecified atom stereocenters. The first-order chi connectivity index (χ1) is 17.2. The van der Waals surface area contributed by atoms with Crippen LogP contribution in [0, 0.1) is 5.92 Å². The van der Waals surface area contributed by atoms with E-state index in [1.807, 2.05) is 0 Å². The molecular formula is C23H44N6O7. The summed E-state index contributed by atoms with van der Waals surface area (Å²) in [6, 6.07) is -1.87. The Morgan fingerprint density at radius 3 is 2.50 bits per heavy atom. The van der Waals surface area contributed by atoms with Gasteiger partial charge in [-0.05, 0) is 31.6 Å². The van der Waals surface area contributed by atoms with Crippen molar-refractivity contribution in [3.05, 3.63) is 0 Å². The van der Waals surface area contributed by atoms with Crippen LogP contribution < -0.4 is 33.6 Å². The molecule has 13 atom stereocenters. The molecule has 0 radical (unpaired) electrons. The number of carbonyl (C=O) groups excluding carboxylic acids is 1. The van der Waals surface area contributed by atoms with E-state index in [-0.39, 0.29) is 31.5 Å². The minimum absolute atomic E-state index is 0.0167. The van der Waals surface area contributed by atoms with Crippen LogP contribution in [0.3, 0.4) is 0 Å². The van der Waals surface area contributed by atoms with Crippen molar-refractivity contribution >= 4 is 5.91 Å². The zero-order chi connectivity index (χ0) is 26.0. The van der Waals surface area contributed by atoms with Crippen LogP contribution in [0.25, 0.3) is 0 Å². The molecule has 0 aromatic carbocycles. The molecular weight excluding hydrogens is 472 g/mol. The van der Waals surface area contributed by atoms with Gasteiger partial charge in [0.1, 0.15) is 37.1 Å². The summed E-state index contributed by atoms with van der Waals surface area (Å²) in [5.74, 6) is 0.265. The lowest BCUT2D eigenvalue weighted by atomic mass is 9.78. The highest BCUT2D eigenvalue weighted by atomic mass is 16.7. The van der Waals surface area contributed by atoms with Crippen LogP contribution in [0.5, 0.6) is 0 Å². The van der Waals surface area contributed by atoms with Crippen molar-refractivity contribution in [1.29, 1.82) is 0 Å². The molecule has 2 aliphatic heterocycles. The summed E-state index contributed by atoms with van der Waals surface area (Å²) in [4.78, 5) is 12.7. The number of aliphatic hydroxyl groups excluding tert-OH is 3. The summed E-state index contributed by atoms with van der Waals surface area (Å²) in [7, 11) is 0. The molecule has 4 rings (SSSR count). The third-order valence-electron chi connectivity index (χ3n) is 8.23. The maximum atomic E-state index is 12.7. The van der Waals surface area contributed by atoms with E-state index in [1.165, 1.54) is 25.7 Å². The predicted molar refractivity (Wildman–Crippen MR) is 129 cm³/mol. The second-order valence-electron chi connectivity index (χ2n) is 10.8. The summed E-state index contributed by atoms with van der Waals surface area (Å²) in [5, 5.41) is 37.8. The summed E-state index contributed by atoms with van der Waals surface area (Å²) >= 11 is 0. The van der Waals surface area contributed by atoms with E-state index in [4.69, 9.17) is 37.1 Å². The fraction of sp³-hybridized carbons (Fsp3) is 0.957. The maximum absolute atomic E-state index is 12.7. The van der Waals surface area contributed by atoms with E-state index in [0.717, 1.165) is 6.42 Å². The second kappa shape index (κ2) is 12.3. The number of hydrogen-bond acceptors (Lipinski definition) is 12. The van der Waals surface area contributed by atoms with Gasteiger partial charge in [0, 0.05) is 37.3 Å². The van der Waals surface area contributed by atoms with Gasteiger partial charge in [-0.1, -0.05) is 12.8 Å². The highest BCUT2D eigenvalue weighted by Crippen LogP contribution is 2.31. The first-order valence-electron chi connectivity index (χ1n) is 13.2. The number of carbonyl (C=O) groups is 1. The van der Waals surface area contributed by atoms with Gasteiger partial charge in [0.25, 0.3) is 0 Å². The number of aliphatic hydroxyl groups is 3. The Kier molecular flexibility index (Phi) is 9.55. The van der Waals surface area contributed by atoms with Gasteiger partial charge in [-0.3, -0.25) is 4.79 Å². The van der Waals surface area contributed by atoms with Crippen LogP contribution >= 0.6 is 0 Å². The van der Waals surface area contributed by atoms with Crippen LogP contribution in [-0.4, -0.2) is 114 Å². The number of piperidine rings is 1. The third-order valence-corrected chi connectivity index (χ3v) is 8.23. The summed E-state index contributed by atoms with van der Waals surface area (Å²) in [6.45, 7) is 0.344. The predicted octanol–water partition coefficient (Wildman–Crippen LogP) is -4.05. The van der Waals surface area contributed by atoms with Gasteiger partial charge in [-0.2, -0.15) is 0 Å². The fourth-order valence-electron chi connectivity index (χ4n) is 6.12. The van der Waals surface area contributed by atoms with Crippen LogP contribution in [0.4, 0.5) is 0 Å². The normalized spacial score (nSPS) is 47.7. The fourth-order valence-corrected chi connectivity index (χ4v) is 6.12. The number of nitrogens with one attached hydrogen (secondary N) is 2. The molecule has 1 amide bonds. The van der Waals surface area contributed by atoms with E-state index < -0.39 is 61.0 Å². The molecule has 13 heteroatoms. The van der Waals surface area contributed by atoms with Gasteiger partial charge in [-0.25, -0.2) is 0 Å². The maximum Gasteiger partial charge on any atom is 0.246 e. The van der Waals surface area contributed by atoms with Gasteiger partial charge in [0.15, 0.2) is 6.29 Å². The van der Waals surface area contributed by atoms with Gasteiger partial charge < -0.3 is 63.1 Å². The van der Waals surface area contributed by atoms with Gasteiger partial charge in [0.2, 0.25) is 5.91 Å². The van der Waals surface area contributed by atoms with Gasteiger partial charge in [0.05, 0.1) is 12.1 Å². The Morgan fingerprint density at radius 1 is 1.00 bits per heavy atom. The van der Waals surface area contributed by atoms with Crippen molar-refractivity contribution < 1.29 is 34.3 Å². The molecule has 0 bridgehead atoms. The van der Waals surface area contributed by atoms with Crippen LogP contribution in [0.1, 0.15) is 38.5 Å². The van der Waals surface area contributed by atoms with Crippen molar-refractivity contribution in [3.8, 4) is 0 Å². The molecule has 13 N–H and O–H groups in total. The Balaban J connectivity index is 1.35. The molecule has 208 valence electrons. The smallest absolute Gasteiger partial charge is 0.246 e. The zero-order valence-corrected chi connectivity index (χ0v) is 20.7. The average molecular weight is 517 g/mol. The lowest BCUT2D eigenvalue weighted by molar-refractivity contribution is -0.290. The quantitative estimate of drug-likeness (QED) is 0.157. The average Bonchev–Trinajstić information content (AvgIpc) is 2.86. The van der Waals surface area contributed by atoms with E-state index in [9.17, 15) is 20.1 Å². The molecule has 2 saturated heterocycles. The Labute approximate surface area is 211 Å². The molecule has 4 fully saturated rings. The van der Waals surface area contributed by atoms with E-state index in [2.05, 4.69) is 10.6 Å². The van der Waals surface area contributed by atoms with Crippen molar-refractivity contribution in [3.63, 3.8) is 0 Å². The summed E-state index contributed by atoms with van der Waals surface area (Å²) in [5.41, 5.74) is 24.0. The number of ether oxygens (including phenoxy) is 3. The van der Waals surface area contributed by atoms with Crippen molar-refractivity contribution in [2.45, 2.75) is 112 Å². The van der Waals surface area contributed by atoms with Crippen molar-refractivity contribution in [2.75, 3.05) is 19.7 Å². The molecule has 2 saturated carbocycles. The standard InChI is InChI=1S/C23H44N6O7/c24-7-15-19(32)20(33)17(27)23(35-15)36-21-13(26)6-12(25)18(31)22(21)34-9-16(30)29-11-5-10-3-1-2-4-14(10)28-8-11/h10-15,17-23,28,31-33H,1-9,24-27H2,(H,29,30)/t10?,11?,12-,13+,14?,15-,17-,18+,19-,20-,21-,22-,23-/m1/s1. The molecule has 2 aliphatic carbocycles. The molecule has 0 spiro atoms. The number of hydrogen-bond donors (Lipinski definition) is 9. The first kappa shape index (κ1) is 28.0. The van der Waals surface area contributed by atoms with E-state index in [1.54, 1.807) is 0 Å². The van der Waals surface area contributed by atoms with Crippen LogP contribution in [-0.2, 0) is 19.0 Å².